The Bertz CT molecular complexity index is 774. The molecule has 1 saturated carbocycles. The third kappa shape index (κ3) is 7.36. The number of hydrogen-bond donors (Lipinski definition) is 1. The van der Waals surface area contributed by atoms with E-state index in [-0.39, 0.29) is 18.1 Å². The van der Waals surface area contributed by atoms with Gasteiger partial charge in [0.1, 0.15) is 5.60 Å². The summed E-state index contributed by atoms with van der Waals surface area (Å²) in [4.78, 5) is 27.8. The van der Waals surface area contributed by atoms with Crippen molar-refractivity contribution in [3.8, 4) is 0 Å². The Morgan fingerprint density at radius 2 is 1.64 bits per heavy atom. The molecule has 1 aromatic rings. The van der Waals surface area contributed by atoms with Gasteiger partial charge in [0.2, 0.25) is 0 Å². The lowest BCUT2D eigenvalue weighted by Crippen LogP contribution is -2.50. The van der Waals surface area contributed by atoms with Crippen LogP contribution in [0.25, 0.3) is 0 Å². The van der Waals surface area contributed by atoms with Crippen LogP contribution >= 0.6 is 0 Å². The molecule has 7 heteroatoms. The number of anilines is 1. The Balaban J connectivity index is 1.46. The van der Waals surface area contributed by atoms with Gasteiger partial charge in [0.15, 0.2) is 0 Å². The van der Waals surface area contributed by atoms with Gasteiger partial charge >= 0.3 is 12.1 Å². The molecule has 1 atom stereocenters. The number of piperazine rings is 1. The highest BCUT2D eigenvalue weighted by Crippen LogP contribution is 2.37. The van der Waals surface area contributed by atoms with Gasteiger partial charge in [-0.3, -0.25) is 4.79 Å². The molecule has 3 rings (SSSR count). The van der Waals surface area contributed by atoms with Crippen LogP contribution in [0.5, 0.6) is 0 Å². The summed E-state index contributed by atoms with van der Waals surface area (Å²) in [6.07, 6.45) is 5.70. The minimum absolute atomic E-state index is 0.0459. The summed E-state index contributed by atoms with van der Waals surface area (Å²) in [6, 6.07) is 8.66. The molecular formula is C26H41N3O4. The van der Waals surface area contributed by atoms with E-state index in [1.54, 1.807) is 4.90 Å². The molecule has 0 radical (unpaired) electrons. The van der Waals surface area contributed by atoms with Crippen LogP contribution in [0, 0.1) is 11.8 Å². The maximum Gasteiger partial charge on any atom is 0.410 e. The fraction of sp³-hybridized carbons (Fsp3) is 0.692. The molecule has 7 nitrogen and oxygen atoms in total. The molecule has 0 aromatic heterocycles. The quantitative estimate of drug-likeness (QED) is 0.631. The third-order valence-electron chi connectivity index (χ3n) is 6.96. The van der Waals surface area contributed by atoms with Crippen molar-refractivity contribution in [1.29, 1.82) is 0 Å². The number of amides is 1. The number of hydrogen-bond acceptors (Lipinski definition) is 6. The van der Waals surface area contributed by atoms with E-state index in [9.17, 15) is 9.59 Å². The Kier molecular flexibility index (Phi) is 8.63. The van der Waals surface area contributed by atoms with Crippen molar-refractivity contribution in [2.75, 3.05) is 38.2 Å². The van der Waals surface area contributed by atoms with Crippen molar-refractivity contribution in [1.82, 2.24) is 4.90 Å². The second kappa shape index (κ2) is 11.2. The lowest BCUT2D eigenvalue weighted by Gasteiger charge is -2.37. The van der Waals surface area contributed by atoms with Crippen molar-refractivity contribution in [3.63, 3.8) is 0 Å². The lowest BCUT2D eigenvalue weighted by molar-refractivity contribution is -0.141. The molecule has 184 valence electrons. The topological polar surface area (TPSA) is 85.1 Å². The first-order valence-corrected chi connectivity index (χ1v) is 12.3. The molecule has 2 N–H and O–H groups in total. The summed E-state index contributed by atoms with van der Waals surface area (Å²) >= 11 is 0. The summed E-state index contributed by atoms with van der Waals surface area (Å²) in [5.74, 6) is 0.983. The Labute approximate surface area is 198 Å². The van der Waals surface area contributed by atoms with Crippen LogP contribution in [0.3, 0.4) is 0 Å². The van der Waals surface area contributed by atoms with E-state index in [1.165, 1.54) is 18.4 Å². The van der Waals surface area contributed by atoms with Crippen LogP contribution < -0.4 is 10.6 Å². The molecule has 2 aliphatic rings. The molecule has 1 unspecified atom stereocenters. The lowest BCUT2D eigenvalue weighted by atomic mass is 9.76. The SMILES string of the molecule is COC(=O)CCC1CCC(C(N)c2ccc(N3CCN(C(=O)OC(C)(C)C)CC3)cc2)CC1. The van der Waals surface area contributed by atoms with E-state index in [1.807, 2.05) is 20.8 Å². The van der Waals surface area contributed by atoms with Gasteiger partial charge in [-0.1, -0.05) is 25.0 Å². The number of ether oxygens (including phenoxy) is 2. The number of nitrogens with two attached hydrogens (primary N) is 1. The summed E-state index contributed by atoms with van der Waals surface area (Å²) in [5.41, 5.74) is 8.53. The first-order chi connectivity index (χ1) is 15.7. The number of methoxy groups -OCH3 is 1. The van der Waals surface area contributed by atoms with Gasteiger partial charge in [0, 0.05) is 44.3 Å². The molecule has 1 aliphatic carbocycles. The van der Waals surface area contributed by atoms with Crippen molar-refractivity contribution in [2.24, 2.45) is 17.6 Å². The highest BCUT2D eigenvalue weighted by molar-refractivity contribution is 5.69. The molecule has 33 heavy (non-hydrogen) atoms. The van der Waals surface area contributed by atoms with Crippen LogP contribution in [0.1, 0.15) is 70.9 Å². The van der Waals surface area contributed by atoms with Crippen LogP contribution in [0.2, 0.25) is 0 Å². The minimum atomic E-state index is -0.467. The number of carbonyl (C=O) groups is 2. The van der Waals surface area contributed by atoms with Crippen LogP contribution in [0.4, 0.5) is 10.5 Å². The van der Waals surface area contributed by atoms with Crippen molar-refractivity contribution < 1.29 is 19.1 Å². The zero-order valence-corrected chi connectivity index (χ0v) is 20.7. The summed E-state index contributed by atoms with van der Waals surface area (Å²) in [6.45, 7) is 8.59. The first kappa shape index (κ1) is 25.3. The summed E-state index contributed by atoms with van der Waals surface area (Å²) < 4.78 is 10.2. The average molecular weight is 460 g/mol. The Morgan fingerprint density at radius 1 is 1.03 bits per heavy atom. The van der Waals surface area contributed by atoms with Gasteiger partial charge in [0.25, 0.3) is 0 Å². The summed E-state index contributed by atoms with van der Waals surface area (Å²) in [7, 11) is 1.45. The Morgan fingerprint density at radius 3 is 2.18 bits per heavy atom. The molecule has 1 aliphatic heterocycles. The molecule has 1 saturated heterocycles. The van der Waals surface area contributed by atoms with E-state index >= 15 is 0 Å². The predicted octanol–water partition coefficient (Wildman–Crippen LogP) is 4.50. The smallest absolute Gasteiger partial charge is 0.410 e. The monoisotopic (exact) mass is 459 g/mol. The van der Waals surface area contributed by atoms with Crippen LogP contribution in [-0.4, -0.2) is 55.9 Å². The average Bonchev–Trinajstić information content (AvgIpc) is 2.81. The molecular weight excluding hydrogens is 418 g/mol. The Hall–Kier alpha value is -2.28. The zero-order chi connectivity index (χ0) is 24.0. The predicted molar refractivity (Wildman–Crippen MR) is 130 cm³/mol. The number of esters is 1. The van der Waals surface area contributed by atoms with Gasteiger partial charge in [-0.25, -0.2) is 4.79 Å². The van der Waals surface area contributed by atoms with E-state index in [2.05, 4.69) is 29.2 Å². The number of benzene rings is 1. The molecule has 1 aromatic carbocycles. The number of carbonyl (C=O) groups excluding carboxylic acids is 2. The first-order valence-electron chi connectivity index (χ1n) is 12.3. The number of nitrogens with zero attached hydrogens (tertiary/aromatic N) is 2. The van der Waals surface area contributed by atoms with Crippen LogP contribution in [-0.2, 0) is 14.3 Å². The molecule has 1 amide bonds. The van der Waals surface area contributed by atoms with Gasteiger partial charge in [-0.15, -0.1) is 0 Å². The van der Waals surface area contributed by atoms with E-state index in [0.717, 1.165) is 45.2 Å². The van der Waals surface area contributed by atoms with Gasteiger partial charge in [-0.05, 0) is 69.6 Å². The third-order valence-corrected chi connectivity index (χ3v) is 6.96. The molecule has 2 fully saturated rings. The van der Waals surface area contributed by atoms with Gasteiger partial charge in [-0.2, -0.15) is 0 Å². The van der Waals surface area contributed by atoms with Crippen molar-refractivity contribution in [2.45, 2.75) is 70.9 Å². The molecule has 1 heterocycles. The fourth-order valence-electron chi connectivity index (χ4n) is 4.91. The zero-order valence-electron chi connectivity index (χ0n) is 20.7. The standard InChI is InChI=1S/C26H41N3O4/c1-26(2,3)33-25(31)29-17-15-28(16-18-29)22-12-10-21(11-13-22)24(27)20-8-5-19(6-9-20)7-14-23(30)32-4/h10-13,19-20,24H,5-9,14-18,27H2,1-4H3. The number of rotatable bonds is 6. The van der Waals surface area contributed by atoms with Gasteiger partial charge < -0.3 is 25.0 Å². The van der Waals surface area contributed by atoms with Gasteiger partial charge in [0.05, 0.1) is 7.11 Å². The minimum Gasteiger partial charge on any atom is -0.469 e. The van der Waals surface area contributed by atoms with Crippen LogP contribution in [0.15, 0.2) is 24.3 Å². The highest BCUT2D eigenvalue weighted by atomic mass is 16.6. The van der Waals surface area contributed by atoms with Crippen molar-refractivity contribution >= 4 is 17.7 Å². The fourth-order valence-corrected chi connectivity index (χ4v) is 4.91. The normalized spacial score (nSPS) is 22.6. The maximum absolute atomic E-state index is 12.3. The summed E-state index contributed by atoms with van der Waals surface area (Å²) in [5, 5.41) is 0. The second-order valence-electron chi connectivity index (χ2n) is 10.5. The van der Waals surface area contributed by atoms with E-state index in [0.29, 0.717) is 31.3 Å². The maximum atomic E-state index is 12.3. The largest absolute Gasteiger partial charge is 0.469 e. The van der Waals surface area contributed by atoms with Crippen molar-refractivity contribution in [3.05, 3.63) is 29.8 Å². The van der Waals surface area contributed by atoms with E-state index in [4.69, 9.17) is 15.2 Å². The molecule has 0 spiro atoms. The highest BCUT2D eigenvalue weighted by Gasteiger charge is 2.28. The molecule has 0 bridgehead atoms. The second-order valence-corrected chi connectivity index (χ2v) is 10.5. The van der Waals surface area contributed by atoms with E-state index < -0.39 is 5.60 Å².